The van der Waals surface area contributed by atoms with E-state index in [-0.39, 0.29) is 6.42 Å². The maximum atomic E-state index is 10.6. The molecule has 1 aromatic rings. The maximum Gasteiger partial charge on any atom is 0.303 e. The molecule has 1 N–H and O–H groups in total. The van der Waals surface area contributed by atoms with Crippen LogP contribution in [-0.2, 0) is 10.2 Å². The van der Waals surface area contributed by atoms with Crippen molar-refractivity contribution in [1.82, 2.24) is 0 Å². The average molecular weight is 217 g/mol. The lowest BCUT2D eigenvalue weighted by Crippen LogP contribution is -2.24. The average Bonchev–Trinajstić information content (AvgIpc) is 2.32. The third-order valence-electron chi connectivity index (χ3n) is 2.91. The van der Waals surface area contributed by atoms with Gasteiger partial charge in [0.25, 0.3) is 0 Å². The van der Waals surface area contributed by atoms with Gasteiger partial charge in [-0.15, -0.1) is 0 Å². The molecule has 0 radical (unpaired) electrons. The van der Waals surface area contributed by atoms with Crippen LogP contribution in [0.5, 0.6) is 0 Å². The van der Waals surface area contributed by atoms with Gasteiger partial charge in [0.1, 0.15) is 0 Å². The highest BCUT2D eigenvalue weighted by Gasteiger charge is 2.30. The molecule has 0 fully saturated rings. The summed E-state index contributed by atoms with van der Waals surface area (Å²) in [5, 5.41) is 18.0. The molecule has 0 aromatic heterocycles. The number of carbonyl (C=O) groups is 1. The number of carboxylic acids is 1. The summed E-state index contributed by atoms with van der Waals surface area (Å²) in [5.41, 5.74) is 0.237. The van der Waals surface area contributed by atoms with E-state index >= 15 is 0 Å². The zero-order valence-electron chi connectivity index (χ0n) is 9.31. The second-order valence-corrected chi connectivity index (χ2v) is 3.81. The van der Waals surface area contributed by atoms with Crippen molar-refractivity contribution in [2.24, 2.45) is 0 Å². The first-order valence-corrected chi connectivity index (χ1v) is 5.33. The van der Waals surface area contributed by atoms with E-state index in [9.17, 15) is 10.1 Å². The first-order chi connectivity index (χ1) is 7.64. The number of benzene rings is 1. The molecule has 0 heterocycles. The van der Waals surface area contributed by atoms with Gasteiger partial charge in [-0.05, 0) is 18.4 Å². The minimum Gasteiger partial charge on any atom is -0.481 e. The van der Waals surface area contributed by atoms with E-state index in [1.54, 1.807) is 0 Å². The highest BCUT2D eigenvalue weighted by Crippen LogP contribution is 2.32. The Morgan fingerprint density at radius 2 is 2.06 bits per heavy atom. The predicted octanol–water partition coefficient (Wildman–Crippen LogP) is 2.72. The summed E-state index contributed by atoms with van der Waals surface area (Å²) in [6.45, 7) is 1.91. The second kappa shape index (κ2) is 5.32. The quantitative estimate of drug-likeness (QED) is 0.824. The molecule has 1 rings (SSSR count). The van der Waals surface area contributed by atoms with E-state index in [1.807, 2.05) is 37.3 Å². The normalized spacial score (nSPS) is 13.8. The van der Waals surface area contributed by atoms with Crippen LogP contribution in [0.3, 0.4) is 0 Å². The van der Waals surface area contributed by atoms with E-state index in [0.717, 1.165) is 5.56 Å². The fourth-order valence-corrected chi connectivity index (χ4v) is 1.80. The summed E-state index contributed by atoms with van der Waals surface area (Å²) in [7, 11) is 0. The van der Waals surface area contributed by atoms with Gasteiger partial charge in [0.2, 0.25) is 0 Å². The molecule has 0 saturated carbocycles. The van der Waals surface area contributed by atoms with Crippen LogP contribution in [0.4, 0.5) is 0 Å². The van der Waals surface area contributed by atoms with Crippen molar-refractivity contribution in [2.45, 2.75) is 31.6 Å². The molecular weight excluding hydrogens is 202 g/mol. The zero-order chi connectivity index (χ0) is 12.0. The van der Waals surface area contributed by atoms with Crippen LogP contribution in [0.2, 0.25) is 0 Å². The van der Waals surface area contributed by atoms with Crippen molar-refractivity contribution in [3.63, 3.8) is 0 Å². The van der Waals surface area contributed by atoms with Crippen molar-refractivity contribution in [3.05, 3.63) is 35.9 Å². The van der Waals surface area contributed by atoms with Crippen LogP contribution in [0.25, 0.3) is 0 Å². The van der Waals surface area contributed by atoms with Gasteiger partial charge in [-0.2, -0.15) is 5.26 Å². The molecule has 0 aliphatic carbocycles. The van der Waals surface area contributed by atoms with E-state index in [2.05, 4.69) is 6.07 Å². The Morgan fingerprint density at radius 1 is 1.44 bits per heavy atom. The number of carboxylic acid groups (broad SMARTS) is 1. The van der Waals surface area contributed by atoms with Crippen molar-refractivity contribution in [3.8, 4) is 6.07 Å². The zero-order valence-corrected chi connectivity index (χ0v) is 9.31. The van der Waals surface area contributed by atoms with E-state index in [4.69, 9.17) is 5.11 Å². The smallest absolute Gasteiger partial charge is 0.303 e. The van der Waals surface area contributed by atoms with Crippen LogP contribution in [0.1, 0.15) is 31.7 Å². The Labute approximate surface area is 95.3 Å². The molecule has 1 unspecified atom stereocenters. The first kappa shape index (κ1) is 12.3. The summed E-state index contributed by atoms with van der Waals surface area (Å²) in [4.78, 5) is 10.6. The summed E-state index contributed by atoms with van der Waals surface area (Å²) in [6.07, 6.45) is 1.01. The minimum atomic E-state index is -0.857. The summed E-state index contributed by atoms with van der Waals surface area (Å²) < 4.78 is 0. The molecule has 0 saturated heterocycles. The highest BCUT2D eigenvalue weighted by molar-refractivity contribution is 5.67. The summed E-state index contributed by atoms with van der Waals surface area (Å²) >= 11 is 0. The maximum absolute atomic E-state index is 10.6. The molecule has 16 heavy (non-hydrogen) atoms. The Bertz CT molecular complexity index is 394. The highest BCUT2D eigenvalue weighted by atomic mass is 16.4. The molecule has 3 nitrogen and oxygen atoms in total. The van der Waals surface area contributed by atoms with Gasteiger partial charge in [-0.1, -0.05) is 37.3 Å². The second-order valence-electron chi connectivity index (χ2n) is 3.81. The molecule has 0 aliphatic heterocycles. The fourth-order valence-electron chi connectivity index (χ4n) is 1.80. The van der Waals surface area contributed by atoms with E-state index in [0.29, 0.717) is 12.8 Å². The Morgan fingerprint density at radius 3 is 2.50 bits per heavy atom. The SMILES string of the molecule is CCC(C#N)(CCC(=O)O)c1ccccc1. The van der Waals surface area contributed by atoms with Crippen molar-refractivity contribution < 1.29 is 9.90 Å². The van der Waals surface area contributed by atoms with Crippen molar-refractivity contribution >= 4 is 5.97 Å². The lowest BCUT2D eigenvalue weighted by atomic mass is 9.76. The molecule has 1 atom stereocenters. The molecule has 3 heteroatoms. The molecule has 1 aromatic carbocycles. The first-order valence-electron chi connectivity index (χ1n) is 5.33. The predicted molar refractivity (Wildman–Crippen MR) is 60.9 cm³/mol. The standard InChI is InChI=1S/C13H15NO2/c1-2-13(10-14,9-8-12(15)16)11-6-4-3-5-7-11/h3-7H,2,8-9H2,1H3,(H,15,16). The largest absolute Gasteiger partial charge is 0.481 e. The van der Waals surface area contributed by atoms with Gasteiger partial charge in [-0.25, -0.2) is 0 Å². The van der Waals surface area contributed by atoms with Crippen LogP contribution in [-0.4, -0.2) is 11.1 Å². The van der Waals surface area contributed by atoms with Gasteiger partial charge < -0.3 is 5.11 Å². The number of hydrogen-bond acceptors (Lipinski definition) is 2. The summed E-state index contributed by atoms with van der Waals surface area (Å²) in [6, 6.07) is 11.7. The molecule has 84 valence electrons. The Balaban J connectivity index is 2.98. The van der Waals surface area contributed by atoms with Crippen LogP contribution in [0.15, 0.2) is 30.3 Å². The number of nitrogens with zero attached hydrogens (tertiary/aromatic N) is 1. The summed E-state index contributed by atoms with van der Waals surface area (Å²) in [5.74, 6) is -0.857. The lowest BCUT2D eigenvalue weighted by Gasteiger charge is -2.24. The molecule has 0 amide bonds. The van der Waals surface area contributed by atoms with Gasteiger partial charge in [0, 0.05) is 6.42 Å². The van der Waals surface area contributed by atoms with E-state index in [1.165, 1.54) is 0 Å². The third-order valence-corrected chi connectivity index (χ3v) is 2.91. The molecule has 0 aliphatic rings. The van der Waals surface area contributed by atoms with Gasteiger partial charge in [-0.3, -0.25) is 4.79 Å². The van der Waals surface area contributed by atoms with Crippen LogP contribution < -0.4 is 0 Å². The van der Waals surface area contributed by atoms with Crippen LogP contribution >= 0.6 is 0 Å². The Hall–Kier alpha value is -1.82. The molecule has 0 bridgehead atoms. The lowest BCUT2D eigenvalue weighted by molar-refractivity contribution is -0.137. The van der Waals surface area contributed by atoms with Crippen molar-refractivity contribution in [2.75, 3.05) is 0 Å². The number of rotatable bonds is 5. The third kappa shape index (κ3) is 2.60. The van der Waals surface area contributed by atoms with Crippen LogP contribution in [0, 0.1) is 11.3 Å². The van der Waals surface area contributed by atoms with Gasteiger partial charge in [0.05, 0.1) is 11.5 Å². The van der Waals surface area contributed by atoms with Gasteiger partial charge in [0.15, 0.2) is 0 Å². The topological polar surface area (TPSA) is 61.1 Å². The van der Waals surface area contributed by atoms with E-state index < -0.39 is 11.4 Å². The monoisotopic (exact) mass is 217 g/mol. The Kier molecular flexibility index (Phi) is 4.07. The number of aliphatic carboxylic acids is 1. The molecular formula is C13H15NO2. The number of nitriles is 1. The number of hydrogen-bond donors (Lipinski definition) is 1. The molecule has 0 spiro atoms. The fraction of sp³-hybridized carbons (Fsp3) is 0.385. The van der Waals surface area contributed by atoms with Gasteiger partial charge >= 0.3 is 5.97 Å². The van der Waals surface area contributed by atoms with Crippen molar-refractivity contribution in [1.29, 1.82) is 5.26 Å². The minimum absolute atomic E-state index is 0.0241.